The summed E-state index contributed by atoms with van der Waals surface area (Å²) in [6.45, 7) is 4.02. The molecule has 1 heterocycles. The highest BCUT2D eigenvalue weighted by molar-refractivity contribution is 7.89. The molecular formula is C12H15FN2O5S. The number of hydrogen-bond acceptors (Lipinski definition) is 5. The zero-order valence-electron chi connectivity index (χ0n) is 11.6. The third-order valence-electron chi connectivity index (χ3n) is 3.27. The molecule has 7 nitrogen and oxygen atoms in total. The summed E-state index contributed by atoms with van der Waals surface area (Å²) in [6.07, 6.45) is 0. The fourth-order valence-electron chi connectivity index (χ4n) is 2.21. The van der Waals surface area contributed by atoms with E-state index in [1.807, 2.05) is 0 Å². The lowest BCUT2D eigenvalue weighted by molar-refractivity contribution is -0.387. The Bertz CT molecular complexity index is 674. The number of nitro benzene ring substituents is 1. The van der Waals surface area contributed by atoms with E-state index in [-0.39, 0.29) is 24.7 Å². The molecule has 0 spiro atoms. The smallest absolute Gasteiger partial charge is 0.304 e. The Hall–Kier alpha value is -1.58. The number of nitrogens with zero attached hydrogens (tertiary/aromatic N) is 2. The van der Waals surface area contributed by atoms with E-state index in [0.29, 0.717) is 6.07 Å². The van der Waals surface area contributed by atoms with Crippen molar-refractivity contribution in [2.24, 2.45) is 0 Å². The normalized spacial score (nSPS) is 19.4. The molecule has 1 aromatic carbocycles. The summed E-state index contributed by atoms with van der Waals surface area (Å²) in [4.78, 5) is 9.37. The van der Waals surface area contributed by atoms with E-state index in [0.717, 1.165) is 12.1 Å². The molecule has 1 aliphatic rings. The van der Waals surface area contributed by atoms with E-state index in [1.165, 1.54) is 4.31 Å². The van der Waals surface area contributed by atoms with Crippen molar-refractivity contribution in [1.82, 2.24) is 4.31 Å². The number of halogens is 1. The quantitative estimate of drug-likeness (QED) is 0.623. The van der Waals surface area contributed by atoms with E-state index >= 15 is 0 Å². The van der Waals surface area contributed by atoms with Gasteiger partial charge in [0.15, 0.2) is 0 Å². The van der Waals surface area contributed by atoms with Gasteiger partial charge in [-0.1, -0.05) is 0 Å². The van der Waals surface area contributed by atoms with Crippen molar-refractivity contribution >= 4 is 15.7 Å². The van der Waals surface area contributed by atoms with Gasteiger partial charge in [-0.05, 0) is 19.9 Å². The van der Waals surface area contributed by atoms with Crippen molar-refractivity contribution in [2.75, 3.05) is 19.8 Å². The molecule has 0 aromatic heterocycles. The van der Waals surface area contributed by atoms with Gasteiger partial charge in [0.1, 0.15) is 0 Å². The molecule has 21 heavy (non-hydrogen) atoms. The maximum Gasteiger partial charge on any atom is 0.304 e. The average Bonchev–Trinajstić information content (AvgIpc) is 2.37. The molecule has 1 aromatic rings. The first kappa shape index (κ1) is 15.8. The van der Waals surface area contributed by atoms with E-state index in [9.17, 15) is 22.9 Å². The van der Waals surface area contributed by atoms with Crippen LogP contribution < -0.4 is 0 Å². The van der Waals surface area contributed by atoms with Crippen LogP contribution in [-0.4, -0.2) is 42.9 Å². The highest BCUT2D eigenvalue weighted by atomic mass is 32.2. The van der Waals surface area contributed by atoms with Crippen molar-refractivity contribution < 1.29 is 22.5 Å². The molecule has 1 fully saturated rings. The first-order valence-corrected chi connectivity index (χ1v) is 7.65. The highest BCUT2D eigenvalue weighted by Gasteiger charge is 2.40. The standard InChI is InChI=1S/C12H15FN2O5S/c1-12(2)8-20-6-5-14(12)21(18,19)9-3-4-11(15(16)17)10(13)7-9/h3-4,7H,5-6,8H2,1-2H3. The van der Waals surface area contributed by atoms with E-state index < -0.39 is 32.0 Å². The van der Waals surface area contributed by atoms with Crippen LogP contribution in [0.1, 0.15) is 13.8 Å². The predicted molar refractivity (Wildman–Crippen MR) is 71.8 cm³/mol. The van der Waals surface area contributed by atoms with Gasteiger partial charge in [-0.15, -0.1) is 0 Å². The Morgan fingerprint density at radius 1 is 1.43 bits per heavy atom. The molecule has 0 aliphatic carbocycles. The Morgan fingerprint density at radius 2 is 2.10 bits per heavy atom. The zero-order chi connectivity index (χ0) is 15.8. The maximum atomic E-state index is 13.6. The van der Waals surface area contributed by atoms with Crippen molar-refractivity contribution in [3.8, 4) is 0 Å². The molecule has 0 bridgehead atoms. The second-order valence-corrected chi connectivity index (χ2v) is 7.17. The van der Waals surface area contributed by atoms with E-state index in [1.54, 1.807) is 13.8 Å². The fourth-order valence-corrected chi connectivity index (χ4v) is 3.98. The maximum absolute atomic E-state index is 13.6. The summed E-state index contributed by atoms with van der Waals surface area (Å²) in [5, 5.41) is 10.6. The molecule has 0 radical (unpaired) electrons. The SMILES string of the molecule is CC1(C)COCCN1S(=O)(=O)c1ccc([N+](=O)[O-])c(F)c1. The number of hydrogen-bond donors (Lipinski definition) is 0. The minimum Gasteiger partial charge on any atom is -0.378 e. The van der Waals surface area contributed by atoms with Crippen LogP contribution in [0.15, 0.2) is 23.1 Å². The van der Waals surface area contributed by atoms with Crippen LogP contribution in [0.4, 0.5) is 10.1 Å². The summed E-state index contributed by atoms with van der Waals surface area (Å²) in [5.74, 6) is -1.17. The number of benzene rings is 1. The summed E-state index contributed by atoms with van der Waals surface area (Å²) in [5.41, 5.74) is -1.52. The van der Waals surface area contributed by atoms with E-state index in [2.05, 4.69) is 0 Å². The Labute approximate surface area is 121 Å². The number of morpholine rings is 1. The molecule has 116 valence electrons. The first-order chi connectivity index (χ1) is 9.66. The molecule has 0 amide bonds. The van der Waals surface area contributed by atoms with Crippen LogP contribution in [0.5, 0.6) is 0 Å². The van der Waals surface area contributed by atoms with Gasteiger partial charge in [0.2, 0.25) is 15.8 Å². The average molecular weight is 318 g/mol. The van der Waals surface area contributed by atoms with E-state index in [4.69, 9.17) is 4.74 Å². The van der Waals surface area contributed by atoms with Gasteiger partial charge >= 0.3 is 5.69 Å². The Morgan fingerprint density at radius 3 is 2.62 bits per heavy atom. The largest absolute Gasteiger partial charge is 0.378 e. The second-order valence-electron chi connectivity index (χ2n) is 5.31. The molecule has 0 unspecified atom stereocenters. The molecule has 0 saturated carbocycles. The molecule has 1 saturated heterocycles. The summed E-state index contributed by atoms with van der Waals surface area (Å²) in [6, 6.07) is 2.58. The fraction of sp³-hybridized carbons (Fsp3) is 0.500. The van der Waals surface area contributed by atoms with Crippen LogP contribution in [-0.2, 0) is 14.8 Å². The molecule has 0 atom stereocenters. The van der Waals surface area contributed by atoms with Gasteiger partial charge in [-0.3, -0.25) is 10.1 Å². The lowest BCUT2D eigenvalue weighted by Crippen LogP contribution is -2.55. The minimum atomic E-state index is -3.94. The van der Waals surface area contributed by atoms with Crippen LogP contribution in [0.25, 0.3) is 0 Å². The second kappa shape index (κ2) is 5.32. The van der Waals surface area contributed by atoms with Crippen LogP contribution in [0.3, 0.4) is 0 Å². The zero-order valence-corrected chi connectivity index (χ0v) is 12.4. The van der Waals surface area contributed by atoms with Crippen molar-refractivity contribution in [1.29, 1.82) is 0 Å². The molecule has 1 aliphatic heterocycles. The van der Waals surface area contributed by atoms with Crippen molar-refractivity contribution in [2.45, 2.75) is 24.3 Å². The topological polar surface area (TPSA) is 89.8 Å². The van der Waals surface area contributed by atoms with Gasteiger partial charge in [0.25, 0.3) is 0 Å². The third kappa shape index (κ3) is 2.89. The van der Waals surface area contributed by atoms with Gasteiger partial charge in [0, 0.05) is 18.7 Å². The third-order valence-corrected chi connectivity index (χ3v) is 5.38. The molecule has 2 rings (SSSR count). The summed E-state index contributed by atoms with van der Waals surface area (Å²) in [7, 11) is -3.94. The van der Waals surface area contributed by atoms with Gasteiger partial charge in [-0.25, -0.2) is 8.42 Å². The highest BCUT2D eigenvalue weighted by Crippen LogP contribution is 2.29. The molecule has 0 N–H and O–H groups in total. The lowest BCUT2D eigenvalue weighted by atomic mass is 10.1. The number of nitro groups is 1. The van der Waals surface area contributed by atoms with Crippen molar-refractivity contribution in [3.63, 3.8) is 0 Å². The molecular weight excluding hydrogens is 303 g/mol. The summed E-state index contributed by atoms with van der Waals surface area (Å²) < 4.78 is 45.3. The number of ether oxygens (including phenoxy) is 1. The number of sulfonamides is 1. The monoisotopic (exact) mass is 318 g/mol. The lowest BCUT2D eigenvalue weighted by Gasteiger charge is -2.40. The Kier molecular flexibility index (Phi) is 4.00. The number of rotatable bonds is 3. The van der Waals surface area contributed by atoms with Gasteiger partial charge < -0.3 is 4.74 Å². The minimum absolute atomic E-state index is 0.147. The van der Waals surface area contributed by atoms with Gasteiger partial charge in [-0.2, -0.15) is 8.70 Å². The predicted octanol–water partition coefficient (Wildman–Crippen LogP) is 1.53. The van der Waals surface area contributed by atoms with Crippen LogP contribution in [0.2, 0.25) is 0 Å². The Balaban J connectivity index is 2.44. The van der Waals surface area contributed by atoms with Crippen molar-refractivity contribution in [3.05, 3.63) is 34.1 Å². The first-order valence-electron chi connectivity index (χ1n) is 6.21. The molecule has 9 heteroatoms. The summed E-state index contributed by atoms with van der Waals surface area (Å²) >= 11 is 0. The van der Waals surface area contributed by atoms with Crippen LogP contribution >= 0.6 is 0 Å². The van der Waals surface area contributed by atoms with Gasteiger partial charge in [0.05, 0.1) is 28.6 Å². The van der Waals surface area contributed by atoms with Crippen LogP contribution in [0, 0.1) is 15.9 Å².